The molecule has 0 spiro atoms. The summed E-state index contributed by atoms with van der Waals surface area (Å²) in [4.78, 5) is 23.8. The second-order valence-electron chi connectivity index (χ2n) is 4.46. The minimum absolute atomic E-state index is 0.257. The number of benzene rings is 1. The smallest absolute Gasteiger partial charge is 0.335 e. The predicted octanol–water partition coefficient (Wildman–Crippen LogP) is 1.69. The SMILES string of the molecule is O=C(O)c1cccc(N2CCC(C(=O)O)CC2)c1. The summed E-state index contributed by atoms with van der Waals surface area (Å²) in [6, 6.07) is 6.74. The van der Waals surface area contributed by atoms with Crippen LogP contribution in [0.25, 0.3) is 0 Å². The first-order valence-corrected chi connectivity index (χ1v) is 5.89. The lowest BCUT2D eigenvalue weighted by molar-refractivity contribution is -0.142. The molecule has 0 atom stereocenters. The van der Waals surface area contributed by atoms with Crippen molar-refractivity contribution < 1.29 is 19.8 Å². The summed E-state index contributed by atoms with van der Waals surface area (Å²) >= 11 is 0. The van der Waals surface area contributed by atoms with E-state index in [1.165, 1.54) is 0 Å². The Labute approximate surface area is 105 Å². The molecule has 1 aliphatic rings. The van der Waals surface area contributed by atoms with E-state index in [4.69, 9.17) is 10.2 Å². The number of carboxylic acid groups (broad SMARTS) is 2. The molecule has 0 aliphatic carbocycles. The molecule has 2 rings (SSSR count). The molecule has 0 unspecified atom stereocenters. The van der Waals surface area contributed by atoms with Crippen molar-refractivity contribution in [1.82, 2.24) is 0 Å². The Kier molecular flexibility index (Phi) is 3.50. The second kappa shape index (κ2) is 5.08. The highest BCUT2D eigenvalue weighted by Crippen LogP contribution is 2.24. The number of anilines is 1. The van der Waals surface area contributed by atoms with Crippen LogP contribution in [-0.4, -0.2) is 35.2 Å². The third kappa shape index (κ3) is 2.61. The number of nitrogens with zero attached hydrogens (tertiary/aromatic N) is 1. The number of rotatable bonds is 3. The Morgan fingerprint density at radius 2 is 1.83 bits per heavy atom. The number of aromatic carboxylic acids is 1. The quantitative estimate of drug-likeness (QED) is 0.852. The molecule has 0 radical (unpaired) electrons. The van der Waals surface area contributed by atoms with Gasteiger partial charge in [-0.2, -0.15) is 0 Å². The van der Waals surface area contributed by atoms with Gasteiger partial charge in [-0.3, -0.25) is 4.79 Å². The minimum atomic E-state index is -0.947. The Bertz CT molecular complexity index is 464. The summed E-state index contributed by atoms with van der Waals surface area (Å²) in [5.41, 5.74) is 1.10. The van der Waals surface area contributed by atoms with Crippen LogP contribution in [0.4, 0.5) is 5.69 Å². The van der Waals surface area contributed by atoms with Crippen molar-refractivity contribution in [2.75, 3.05) is 18.0 Å². The monoisotopic (exact) mass is 249 g/mol. The average molecular weight is 249 g/mol. The number of carbonyl (C=O) groups is 2. The first kappa shape index (κ1) is 12.4. The van der Waals surface area contributed by atoms with E-state index in [9.17, 15) is 9.59 Å². The molecule has 1 aliphatic heterocycles. The van der Waals surface area contributed by atoms with Gasteiger partial charge in [0, 0.05) is 18.8 Å². The van der Waals surface area contributed by atoms with Crippen LogP contribution in [0.2, 0.25) is 0 Å². The molecule has 18 heavy (non-hydrogen) atoms. The predicted molar refractivity (Wildman–Crippen MR) is 66.0 cm³/mol. The van der Waals surface area contributed by atoms with Gasteiger partial charge in [0.25, 0.3) is 0 Å². The van der Waals surface area contributed by atoms with Crippen molar-refractivity contribution in [3.05, 3.63) is 29.8 Å². The molecule has 1 aromatic rings. The normalized spacial score (nSPS) is 16.6. The van der Waals surface area contributed by atoms with E-state index < -0.39 is 11.9 Å². The fourth-order valence-electron chi connectivity index (χ4n) is 2.22. The number of piperidine rings is 1. The zero-order valence-corrected chi connectivity index (χ0v) is 9.87. The maximum Gasteiger partial charge on any atom is 0.335 e. The summed E-state index contributed by atoms with van der Waals surface area (Å²) in [6.07, 6.45) is 1.21. The highest BCUT2D eigenvalue weighted by atomic mass is 16.4. The van der Waals surface area contributed by atoms with Gasteiger partial charge in [0.05, 0.1) is 11.5 Å². The maximum absolute atomic E-state index is 10.9. The minimum Gasteiger partial charge on any atom is -0.481 e. The van der Waals surface area contributed by atoms with Gasteiger partial charge >= 0.3 is 11.9 Å². The van der Waals surface area contributed by atoms with E-state index in [-0.39, 0.29) is 11.5 Å². The molecular weight excluding hydrogens is 234 g/mol. The van der Waals surface area contributed by atoms with Gasteiger partial charge in [0.15, 0.2) is 0 Å². The Morgan fingerprint density at radius 1 is 1.17 bits per heavy atom. The number of aliphatic carboxylic acids is 1. The summed E-state index contributed by atoms with van der Waals surface area (Å²) in [6.45, 7) is 1.31. The first-order valence-electron chi connectivity index (χ1n) is 5.89. The average Bonchev–Trinajstić information content (AvgIpc) is 2.39. The van der Waals surface area contributed by atoms with Crippen LogP contribution in [-0.2, 0) is 4.79 Å². The van der Waals surface area contributed by atoms with Gasteiger partial charge in [-0.15, -0.1) is 0 Å². The van der Waals surface area contributed by atoms with E-state index in [1.54, 1.807) is 18.2 Å². The second-order valence-corrected chi connectivity index (χ2v) is 4.46. The fourth-order valence-corrected chi connectivity index (χ4v) is 2.22. The zero-order valence-electron chi connectivity index (χ0n) is 9.87. The van der Waals surface area contributed by atoms with Crippen LogP contribution in [0, 0.1) is 5.92 Å². The third-order valence-corrected chi connectivity index (χ3v) is 3.30. The van der Waals surface area contributed by atoms with Crippen LogP contribution in [0.3, 0.4) is 0 Å². The zero-order chi connectivity index (χ0) is 13.1. The van der Waals surface area contributed by atoms with E-state index in [2.05, 4.69) is 0 Å². The number of carboxylic acids is 2. The van der Waals surface area contributed by atoms with E-state index in [1.807, 2.05) is 11.0 Å². The molecule has 1 heterocycles. The lowest BCUT2D eigenvalue weighted by atomic mass is 9.96. The van der Waals surface area contributed by atoms with Gasteiger partial charge in [-0.25, -0.2) is 4.79 Å². The summed E-state index contributed by atoms with van der Waals surface area (Å²) in [5.74, 6) is -1.96. The molecule has 1 fully saturated rings. The molecule has 0 bridgehead atoms. The van der Waals surface area contributed by atoms with Crippen molar-refractivity contribution >= 4 is 17.6 Å². The van der Waals surface area contributed by atoms with E-state index >= 15 is 0 Å². The lowest BCUT2D eigenvalue weighted by Gasteiger charge is -2.32. The molecule has 0 saturated carbocycles. The molecule has 96 valence electrons. The highest BCUT2D eigenvalue weighted by Gasteiger charge is 2.24. The molecule has 2 N–H and O–H groups in total. The van der Waals surface area contributed by atoms with Gasteiger partial charge in [-0.1, -0.05) is 6.07 Å². The fraction of sp³-hybridized carbons (Fsp3) is 0.385. The Morgan fingerprint density at radius 3 is 2.39 bits per heavy atom. The molecule has 0 aromatic heterocycles. The van der Waals surface area contributed by atoms with E-state index in [0.717, 1.165) is 5.69 Å². The number of hydrogen-bond acceptors (Lipinski definition) is 3. The van der Waals surface area contributed by atoms with Crippen molar-refractivity contribution in [2.45, 2.75) is 12.8 Å². The van der Waals surface area contributed by atoms with Gasteiger partial charge in [0.2, 0.25) is 0 Å². The van der Waals surface area contributed by atoms with Gasteiger partial charge in [0.1, 0.15) is 0 Å². The van der Waals surface area contributed by atoms with Crippen molar-refractivity contribution in [1.29, 1.82) is 0 Å². The molecular formula is C13H15NO4. The van der Waals surface area contributed by atoms with Crippen LogP contribution in [0.5, 0.6) is 0 Å². The van der Waals surface area contributed by atoms with Crippen molar-refractivity contribution in [3.8, 4) is 0 Å². The van der Waals surface area contributed by atoms with Crippen LogP contribution < -0.4 is 4.90 Å². The van der Waals surface area contributed by atoms with Gasteiger partial charge < -0.3 is 15.1 Å². The topological polar surface area (TPSA) is 77.8 Å². The highest BCUT2D eigenvalue weighted by molar-refractivity contribution is 5.88. The van der Waals surface area contributed by atoms with Crippen molar-refractivity contribution in [2.24, 2.45) is 5.92 Å². The Balaban J connectivity index is 2.07. The third-order valence-electron chi connectivity index (χ3n) is 3.30. The number of hydrogen-bond donors (Lipinski definition) is 2. The van der Waals surface area contributed by atoms with Gasteiger partial charge in [-0.05, 0) is 31.0 Å². The standard InChI is InChI=1S/C13H15NO4/c15-12(16)9-4-6-14(7-5-9)11-3-1-2-10(8-11)13(17)18/h1-3,8-9H,4-7H2,(H,15,16)(H,17,18). The summed E-state index contributed by atoms with van der Waals surface area (Å²) in [7, 11) is 0. The van der Waals surface area contributed by atoms with Crippen molar-refractivity contribution in [3.63, 3.8) is 0 Å². The lowest BCUT2D eigenvalue weighted by Crippen LogP contribution is -2.36. The maximum atomic E-state index is 10.9. The molecule has 5 nitrogen and oxygen atoms in total. The molecule has 5 heteroatoms. The molecule has 0 amide bonds. The summed E-state index contributed by atoms with van der Waals surface area (Å²) < 4.78 is 0. The van der Waals surface area contributed by atoms with Crippen LogP contribution in [0.1, 0.15) is 23.2 Å². The molecule has 1 saturated heterocycles. The van der Waals surface area contributed by atoms with Crippen LogP contribution >= 0.6 is 0 Å². The first-order chi connectivity index (χ1) is 8.58. The Hall–Kier alpha value is -2.04. The molecule has 1 aromatic carbocycles. The van der Waals surface area contributed by atoms with E-state index in [0.29, 0.717) is 25.9 Å². The van der Waals surface area contributed by atoms with Crippen LogP contribution in [0.15, 0.2) is 24.3 Å². The summed E-state index contributed by atoms with van der Waals surface area (Å²) in [5, 5.41) is 17.8. The largest absolute Gasteiger partial charge is 0.481 e.